The maximum absolute atomic E-state index is 12.2. The molecular formula is C20H20F3N5O3. The van der Waals surface area contributed by atoms with Crippen LogP contribution in [-0.2, 0) is 4.84 Å². The molecule has 3 aromatic rings. The molecular weight excluding hydrogens is 415 g/mol. The molecule has 0 atom stereocenters. The van der Waals surface area contributed by atoms with E-state index in [0.717, 1.165) is 11.3 Å². The van der Waals surface area contributed by atoms with Gasteiger partial charge in [0.15, 0.2) is 0 Å². The number of imidazole rings is 1. The second kappa shape index (κ2) is 9.47. The van der Waals surface area contributed by atoms with E-state index in [0.29, 0.717) is 22.6 Å². The van der Waals surface area contributed by atoms with Gasteiger partial charge in [-0.25, -0.2) is 9.78 Å². The molecule has 0 aliphatic carbocycles. The van der Waals surface area contributed by atoms with Crippen molar-refractivity contribution in [3.05, 3.63) is 54.4 Å². The van der Waals surface area contributed by atoms with Gasteiger partial charge in [-0.15, -0.1) is 0 Å². The lowest BCUT2D eigenvalue weighted by atomic mass is 10.1. The summed E-state index contributed by atoms with van der Waals surface area (Å²) >= 11 is 0. The Labute approximate surface area is 175 Å². The van der Waals surface area contributed by atoms with Crippen LogP contribution in [0, 0.1) is 0 Å². The SMILES string of the molecule is CC(=NOCCO)c1ccn2c(-c3cccc(NC(=O)NCC(F)(F)F)c3)cnc2c1. The van der Waals surface area contributed by atoms with Crippen LogP contribution in [0.5, 0.6) is 0 Å². The number of hydrogen-bond acceptors (Lipinski definition) is 5. The summed E-state index contributed by atoms with van der Waals surface area (Å²) in [6, 6.07) is 9.38. The number of aromatic nitrogens is 2. The number of carbonyl (C=O) groups is 1. The zero-order valence-corrected chi connectivity index (χ0v) is 16.5. The quantitative estimate of drug-likeness (QED) is 0.301. The van der Waals surface area contributed by atoms with Gasteiger partial charge in [-0.2, -0.15) is 13.2 Å². The predicted octanol–water partition coefficient (Wildman–Crippen LogP) is 3.42. The largest absolute Gasteiger partial charge is 0.405 e. The molecule has 0 radical (unpaired) electrons. The molecule has 0 aliphatic heterocycles. The summed E-state index contributed by atoms with van der Waals surface area (Å²) in [7, 11) is 0. The average molecular weight is 435 g/mol. The molecule has 2 aromatic heterocycles. The van der Waals surface area contributed by atoms with Crippen molar-refractivity contribution in [3.8, 4) is 11.3 Å². The molecule has 164 valence electrons. The molecule has 0 bridgehead atoms. The first-order valence-corrected chi connectivity index (χ1v) is 9.24. The minimum Gasteiger partial charge on any atom is -0.393 e. The van der Waals surface area contributed by atoms with E-state index in [1.807, 2.05) is 16.5 Å². The summed E-state index contributed by atoms with van der Waals surface area (Å²) < 4.78 is 38.5. The number of nitrogens with one attached hydrogen (secondary N) is 2. The molecule has 0 unspecified atom stereocenters. The first-order chi connectivity index (χ1) is 14.8. The fraction of sp³-hybridized carbons (Fsp3) is 0.250. The number of aliphatic hydroxyl groups excluding tert-OH is 1. The summed E-state index contributed by atoms with van der Waals surface area (Å²) in [6.45, 7) is 0.330. The van der Waals surface area contributed by atoms with Crippen molar-refractivity contribution < 1.29 is 27.9 Å². The van der Waals surface area contributed by atoms with Gasteiger partial charge in [-0.3, -0.25) is 4.40 Å². The predicted molar refractivity (Wildman–Crippen MR) is 109 cm³/mol. The maximum atomic E-state index is 12.2. The molecule has 1 aromatic carbocycles. The van der Waals surface area contributed by atoms with E-state index >= 15 is 0 Å². The molecule has 31 heavy (non-hydrogen) atoms. The molecule has 11 heteroatoms. The molecule has 0 spiro atoms. The highest BCUT2D eigenvalue weighted by Crippen LogP contribution is 2.24. The van der Waals surface area contributed by atoms with E-state index in [2.05, 4.69) is 15.5 Å². The van der Waals surface area contributed by atoms with E-state index in [1.54, 1.807) is 48.9 Å². The lowest BCUT2D eigenvalue weighted by Crippen LogP contribution is -2.36. The first kappa shape index (κ1) is 22.1. The molecule has 3 rings (SSSR count). The van der Waals surface area contributed by atoms with Crippen molar-refractivity contribution >= 4 is 23.1 Å². The Balaban J connectivity index is 1.78. The fourth-order valence-electron chi connectivity index (χ4n) is 2.77. The lowest BCUT2D eigenvalue weighted by molar-refractivity contribution is -0.122. The van der Waals surface area contributed by atoms with Crippen molar-refractivity contribution in [2.75, 3.05) is 25.1 Å². The van der Waals surface area contributed by atoms with E-state index in [1.165, 1.54) is 0 Å². The second-order valence-electron chi connectivity index (χ2n) is 6.52. The number of rotatable bonds is 7. The monoisotopic (exact) mass is 435 g/mol. The Morgan fingerprint density at radius 1 is 1.29 bits per heavy atom. The highest BCUT2D eigenvalue weighted by atomic mass is 19.4. The van der Waals surface area contributed by atoms with E-state index in [9.17, 15) is 18.0 Å². The Bertz CT molecular complexity index is 1100. The lowest BCUT2D eigenvalue weighted by Gasteiger charge is -2.11. The molecule has 0 aliphatic rings. The Kier molecular flexibility index (Phi) is 6.75. The number of pyridine rings is 1. The van der Waals surface area contributed by atoms with E-state index < -0.39 is 18.8 Å². The molecule has 8 nitrogen and oxygen atoms in total. The summed E-state index contributed by atoms with van der Waals surface area (Å²) in [5.41, 5.74) is 3.84. The van der Waals surface area contributed by atoms with Crippen LogP contribution < -0.4 is 10.6 Å². The smallest absolute Gasteiger partial charge is 0.393 e. The molecule has 0 fully saturated rings. The number of anilines is 1. The van der Waals surface area contributed by atoms with E-state index in [-0.39, 0.29) is 13.2 Å². The van der Waals surface area contributed by atoms with Gasteiger partial charge in [0.1, 0.15) is 18.8 Å². The van der Waals surface area contributed by atoms with Crippen LogP contribution in [0.2, 0.25) is 0 Å². The Morgan fingerprint density at radius 3 is 2.84 bits per heavy atom. The van der Waals surface area contributed by atoms with Gasteiger partial charge in [0.05, 0.1) is 24.2 Å². The molecule has 0 saturated heterocycles. The minimum absolute atomic E-state index is 0.103. The van der Waals surface area contributed by atoms with E-state index in [4.69, 9.17) is 9.94 Å². The number of fused-ring (bicyclic) bond motifs is 1. The van der Waals surface area contributed by atoms with Crippen molar-refractivity contribution in [3.63, 3.8) is 0 Å². The summed E-state index contributed by atoms with van der Waals surface area (Å²) in [5.74, 6) is 0. The van der Waals surface area contributed by atoms with Crippen LogP contribution in [0.1, 0.15) is 12.5 Å². The standard InChI is InChI=1S/C20H20F3N5O3/c1-13(27-31-8-7-29)14-5-6-28-17(11-24-18(28)10-14)15-3-2-4-16(9-15)26-19(30)25-12-20(21,22)23/h2-6,9-11,29H,7-8,12H2,1H3,(H2,25,26,30). The summed E-state index contributed by atoms with van der Waals surface area (Å²) in [5, 5.41) is 16.8. The molecule has 0 saturated carbocycles. The minimum atomic E-state index is -4.48. The molecule has 2 heterocycles. The Hall–Kier alpha value is -3.60. The van der Waals surface area contributed by atoms with Crippen LogP contribution >= 0.6 is 0 Å². The highest BCUT2D eigenvalue weighted by Gasteiger charge is 2.27. The third-order valence-corrected chi connectivity index (χ3v) is 4.18. The van der Waals surface area contributed by atoms with Gasteiger partial charge < -0.3 is 20.6 Å². The number of hydrogen-bond donors (Lipinski definition) is 3. The highest BCUT2D eigenvalue weighted by molar-refractivity contribution is 5.99. The van der Waals surface area contributed by atoms with Gasteiger partial charge in [-0.1, -0.05) is 17.3 Å². The first-order valence-electron chi connectivity index (χ1n) is 9.24. The van der Waals surface area contributed by atoms with Crippen LogP contribution in [-0.4, -0.2) is 52.2 Å². The van der Waals surface area contributed by atoms with Crippen molar-refractivity contribution in [1.29, 1.82) is 0 Å². The number of urea groups is 1. The summed E-state index contributed by atoms with van der Waals surface area (Å²) in [6.07, 6.45) is -1.03. The van der Waals surface area contributed by atoms with Crippen molar-refractivity contribution in [2.24, 2.45) is 5.16 Å². The van der Waals surface area contributed by atoms with Crippen LogP contribution in [0.25, 0.3) is 16.9 Å². The Morgan fingerprint density at radius 2 is 2.10 bits per heavy atom. The maximum Gasteiger partial charge on any atom is 0.405 e. The number of nitrogens with zero attached hydrogens (tertiary/aromatic N) is 3. The van der Waals surface area contributed by atoms with Crippen molar-refractivity contribution in [2.45, 2.75) is 13.1 Å². The fourth-order valence-corrected chi connectivity index (χ4v) is 2.77. The number of halogens is 3. The topological polar surface area (TPSA) is 100 Å². The zero-order valence-electron chi connectivity index (χ0n) is 16.5. The third-order valence-electron chi connectivity index (χ3n) is 4.18. The number of oxime groups is 1. The van der Waals surface area contributed by atoms with Crippen molar-refractivity contribution in [1.82, 2.24) is 14.7 Å². The normalized spacial score (nSPS) is 12.1. The van der Waals surface area contributed by atoms with Gasteiger partial charge in [0.2, 0.25) is 0 Å². The number of amides is 2. The summed E-state index contributed by atoms with van der Waals surface area (Å²) in [4.78, 5) is 21.0. The second-order valence-corrected chi connectivity index (χ2v) is 6.52. The number of benzene rings is 1. The number of carbonyl (C=O) groups excluding carboxylic acids is 1. The molecule has 2 amide bonds. The molecule has 3 N–H and O–H groups in total. The third kappa shape index (κ3) is 5.95. The number of aliphatic hydroxyl groups is 1. The van der Waals surface area contributed by atoms with Crippen LogP contribution in [0.15, 0.2) is 53.9 Å². The van der Waals surface area contributed by atoms with Crippen LogP contribution in [0.3, 0.4) is 0 Å². The van der Waals surface area contributed by atoms with Gasteiger partial charge >= 0.3 is 12.2 Å². The van der Waals surface area contributed by atoms with Gasteiger partial charge in [0.25, 0.3) is 0 Å². The zero-order chi connectivity index (χ0) is 22.4. The van der Waals surface area contributed by atoms with Crippen LogP contribution in [0.4, 0.5) is 23.7 Å². The van der Waals surface area contributed by atoms with Gasteiger partial charge in [0, 0.05) is 23.0 Å². The average Bonchev–Trinajstić information content (AvgIpc) is 3.15. The number of alkyl halides is 3. The van der Waals surface area contributed by atoms with Gasteiger partial charge in [-0.05, 0) is 31.2 Å².